The average Bonchev–Trinajstić information content (AvgIpc) is 2.75. The highest BCUT2D eigenvalue weighted by molar-refractivity contribution is 6.30. The number of nitrogens with zero attached hydrogens (tertiary/aromatic N) is 2. The Bertz CT molecular complexity index is 1130. The van der Waals surface area contributed by atoms with E-state index >= 15 is 0 Å². The van der Waals surface area contributed by atoms with Crippen LogP contribution in [0.2, 0.25) is 5.02 Å². The SMILES string of the molecule is CC1(NC(=O)COc2ccc(Cl)c(F)c2)CC(C)(C2=NN=C(Oc3ccccc3F)OC2)C1. The number of benzene rings is 2. The molecule has 0 aromatic heterocycles. The first-order chi connectivity index (χ1) is 15.7. The van der Waals surface area contributed by atoms with Crippen molar-refractivity contribution in [3.8, 4) is 11.5 Å². The van der Waals surface area contributed by atoms with Crippen LogP contribution in [0.4, 0.5) is 8.78 Å². The quantitative estimate of drug-likeness (QED) is 0.664. The highest BCUT2D eigenvalue weighted by Gasteiger charge is 2.53. The number of rotatable bonds is 6. The molecule has 0 spiro atoms. The van der Waals surface area contributed by atoms with Crippen LogP contribution in [-0.4, -0.2) is 36.5 Å². The van der Waals surface area contributed by atoms with Gasteiger partial charge in [0.15, 0.2) is 18.2 Å². The Hall–Kier alpha value is -3.20. The van der Waals surface area contributed by atoms with Crippen LogP contribution in [0.5, 0.6) is 11.5 Å². The predicted molar refractivity (Wildman–Crippen MR) is 119 cm³/mol. The van der Waals surface area contributed by atoms with Gasteiger partial charge < -0.3 is 19.5 Å². The van der Waals surface area contributed by atoms with Gasteiger partial charge >= 0.3 is 6.08 Å². The first kappa shape index (κ1) is 23.0. The van der Waals surface area contributed by atoms with Crippen molar-refractivity contribution in [1.29, 1.82) is 0 Å². The molecule has 1 fully saturated rings. The van der Waals surface area contributed by atoms with Crippen molar-refractivity contribution in [2.75, 3.05) is 13.2 Å². The molecule has 0 saturated heterocycles. The van der Waals surface area contributed by atoms with Gasteiger partial charge in [0.1, 0.15) is 18.2 Å². The van der Waals surface area contributed by atoms with Crippen LogP contribution in [0.15, 0.2) is 52.7 Å². The molecule has 7 nitrogen and oxygen atoms in total. The van der Waals surface area contributed by atoms with E-state index < -0.39 is 17.2 Å². The van der Waals surface area contributed by atoms with E-state index in [9.17, 15) is 13.6 Å². The lowest BCUT2D eigenvalue weighted by molar-refractivity contribution is -0.127. The summed E-state index contributed by atoms with van der Waals surface area (Å²) in [6.07, 6.45) is 1.10. The summed E-state index contributed by atoms with van der Waals surface area (Å²) in [4.78, 5) is 12.3. The van der Waals surface area contributed by atoms with Crippen LogP contribution in [0, 0.1) is 17.0 Å². The largest absolute Gasteiger partial charge is 0.484 e. The average molecular weight is 478 g/mol. The number of hydrogen-bond acceptors (Lipinski definition) is 6. The summed E-state index contributed by atoms with van der Waals surface area (Å²) in [7, 11) is 0. The minimum Gasteiger partial charge on any atom is -0.484 e. The second-order valence-corrected chi connectivity index (χ2v) is 9.03. The van der Waals surface area contributed by atoms with E-state index in [4.69, 9.17) is 25.8 Å². The summed E-state index contributed by atoms with van der Waals surface area (Å²) >= 11 is 5.64. The number of halogens is 3. The summed E-state index contributed by atoms with van der Waals surface area (Å²) in [5.74, 6) is -1.24. The van der Waals surface area contributed by atoms with Gasteiger partial charge in [-0.15, -0.1) is 5.10 Å². The van der Waals surface area contributed by atoms with Crippen molar-refractivity contribution >= 4 is 29.3 Å². The van der Waals surface area contributed by atoms with Gasteiger partial charge in [-0.05, 0) is 44.0 Å². The standard InChI is InChI=1S/C23H22ClF2N3O4/c1-22(19-10-32-21(29-28-19)33-18-6-4-3-5-16(18)25)12-23(2,13-22)27-20(30)11-31-14-7-8-15(24)17(26)9-14/h3-9H,10-13H2,1-2H3,(H,27,30). The van der Waals surface area contributed by atoms with E-state index in [1.165, 1.54) is 24.3 Å². The molecule has 1 aliphatic carbocycles. The van der Waals surface area contributed by atoms with Gasteiger partial charge in [0.2, 0.25) is 0 Å². The number of hydrogen-bond donors (Lipinski definition) is 1. The minimum absolute atomic E-state index is 0.00333. The van der Waals surface area contributed by atoms with Crippen LogP contribution in [-0.2, 0) is 9.53 Å². The van der Waals surface area contributed by atoms with Crippen molar-refractivity contribution in [1.82, 2.24) is 5.32 Å². The van der Waals surface area contributed by atoms with Gasteiger partial charge in [-0.3, -0.25) is 4.79 Å². The normalized spacial score (nSPS) is 24.0. The molecule has 0 unspecified atom stereocenters. The fourth-order valence-corrected chi connectivity index (χ4v) is 4.42. The lowest BCUT2D eigenvalue weighted by atomic mass is 9.57. The van der Waals surface area contributed by atoms with Crippen molar-refractivity contribution in [3.63, 3.8) is 0 Å². The summed E-state index contributed by atoms with van der Waals surface area (Å²) in [6, 6.07) is 9.92. The Morgan fingerprint density at radius 1 is 1.15 bits per heavy atom. The molecule has 33 heavy (non-hydrogen) atoms. The lowest BCUT2D eigenvalue weighted by Gasteiger charge is -2.53. The Morgan fingerprint density at radius 2 is 1.91 bits per heavy atom. The molecular weight excluding hydrogens is 456 g/mol. The van der Waals surface area contributed by atoms with Gasteiger partial charge in [-0.1, -0.05) is 35.8 Å². The van der Waals surface area contributed by atoms with Crippen molar-refractivity contribution in [2.45, 2.75) is 32.2 Å². The fourth-order valence-electron chi connectivity index (χ4n) is 4.31. The van der Waals surface area contributed by atoms with E-state index in [1.807, 2.05) is 13.8 Å². The van der Waals surface area contributed by atoms with Crippen molar-refractivity contribution in [2.24, 2.45) is 15.6 Å². The van der Waals surface area contributed by atoms with Gasteiger partial charge in [-0.25, -0.2) is 8.78 Å². The molecule has 1 amide bonds. The number of carbonyl (C=O) groups is 1. The first-order valence-corrected chi connectivity index (χ1v) is 10.6. The van der Waals surface area contributed by atoms with Crippen LogP contribution < -0.4 is 14.8 Å². The number of carbonyl (C=O) groups excluding carboxylic acids is 1. The maximum absolute atomic E-state index is 13.7. The van der Waals surface area contributed by atoms with E-state index in [1.54, 1.807) is 12.1 Å². The zero-order valence-electron chi connectivity index (χ0n) is 18.0. The molecular formula is C23H22ClF2N3O4. The van der Waals surface area contributed by atoms with E-state index in [0.29, 0.717) is 18.6 Å². The first-order valence-electron chi connectivity index (χ1n) is 10.2. The van der Waals surface area contributed by atoms with E-state index in [-0.39, 0.29) is 47.1 Å². The molecule has 1 heterocycles. The number of ether oxygens (including phenoxy) is 3. The number of nitrogens with one attached hydrogen (secondary N) is 1. The van der Waals surface area contributed by atoms with E-state index in [0.717, 1.165) is 6.07 Å². The van der Waals surface area contributed by atoms with Crippen molar-refractivity contribution in [3.05, 3.63) is 59.1 Å². The Morgan fingerprint density at radius 3 is 2.58 bits per heavy atom. The molecule has 4 rings (SSSR count). The third-order valence-electron chi connectivity index (χ3n) is 5.58. The topological polar surface area (TPSA) is 81.5 Å². The van der Waals surface area contributed by atoms with Gasteiger partial charge in [0.05, 0.1) is 10.7 Å². The lowest BCUT2D eigenvalue weighted by Crippen LogP contribution is -2.63. The van der Waals surface area contributed by atoms with E-state index in [2.05, 4.69) is 15.5 Å². The molecule has 2 aliphatic rings. The number of amides is 1. The molecule has 1 N–H and O–H groups in total. The second kappa shape index (κ2) is 8.97. The molecule has 2 aromatic carbocycles. The van der Waals surface area contributed by atoms with Crippen LogP contribution in [0.25, 0.3) is 0 Å². The Labute approximate surface area is 194 Å². The highest BCUT2D eigenvalue weighted by Crippen LogP contribution is 2.49. The predicted octanol–water partition coefficient (Wildman–Crippen LogP) is 4.49. The fraction of sp³-hybridized carbons (Fsp3) is 0.348. The highest BCUT2D eigenvalue weighted by atomic mass is 35.5. The summed E-state index contributed by atoms with van der Waals surface area (Å²) in [5.41, 5.74) is -0.0748. The van der Waals surface area contributed by atoms with Gasteiger partial charge in [0.25, 0.3) is 5.91 Å². The summed E-state index contributed by atoms with van der Waals surface area (Å²) in [6.45, 7) is 3.83. The number of para-hydroxylation sites is 1. The van der Waals surface area contributed by atoms with Crippen LogP contribution in [0.3, 0.4) is 0 Å². The third-order valence-corrected chi connectivity index (χ3v) is 5.88. The van der Waals surface area contributed by atoms with Crippen molar-refractivity contribution < 1.29 is 27.8 Å². The molecule has 0 radical (unpaired) electrons. The maximum atomic E-state index is 13.7. The minimum atomic E-state index is -0.614. The maximum Gasteiger partial charge on any atom is 0.413 e. The van der Waals surface area contributed by atoms with Gasteiger partial charge in [0, 0.05) is 17.0 Å². The molecule has 0 atom stereocenters. The molecule has 10 heteroatoms. The zero-order valence-corrected chi connectivity index (χ0v) is 18.8. The summed E-state index contributed by atoms with van der Waals surface area (Å²) < 4.78 is 43.4. The smallest absolute Gasteiger partial charge is 0.413 e. The Balaban J connectivity index is 1.29. The van der Waals surface area contributed by atoms with Gasteiger partial charge in [-0.2, -0.15) is 0 Å². The van der Waals surface area contributed by atoms with Crippen LogP contribution in [0.1, 0.15) is 26.7 Å². The molecule has 2 aromatic rings. The third kappa shape index (κ3) is 5.24. The molecule has 1 saturated carbocycles. The van der Waals surface area contributed by atoms with Crippen LogP contribution >= 0.6 is 11.6 Å². The Kier molecular flexibility index (Phi) is 6.25. The molecule has 1 aliphatic heterocycles. The molecule has 174 valence electrons. The zero-order chi connectivity index (χ0) is 23.6. The monoisotopic (exact) mass is 477 g/mol. The molecule has 0 bridgehead atoms. The second-order valence-electron chi connectivity index (χ2n) is 8.62. The summed E-state index contributed by atoms with van der Waals surface area (Å²) in [5, 5.41) is 11.1.